The lowest BCUT2D eigenvalue weighted by molar-refractivity contribution is -0.127. The van der Waals surface area contributed by atoms with Crippen LogP contribution in [0.3, 0.4) is 0 Å². The zero-order chi connectivity index (χ0) is 35.9. The van der Waals surface area contributed by atoms with Crippen molar-refractivity contribution in [3.63, 3.8) is 0 Å². The molecular weight excluding hydrogens is 646 g/mol. The predicted octanol–water partition coefficient (Wildman–Crippen LogP) is 8.22. The lowest BCUT2D eigenvalue weighted by atomic mass is 9.96. The maximum Gasteiger partial charge on any atom is 0.405 e. The number of nitriles is 2. The van der Waals surface area contributed by atoms with Gasteiger partial charge in [0, 0.05) is 17.8 Å². The van der Waals surface area contributed by atoms with E-state index >= 15 is 0 Å². The van der Waals surface area contributed by atoms with Gasteiger partial charge in [0.05, 0.1) is 17.7 Å². The first kappa shape index (κ1) is 36.5. The fourth-order valence-corrected chi connectivity index (χ4v) is 5.56. The summed E-state index contributed by atoms with van der Waals surface area (Å²) in [5, 5.41) is 29.0. The fraction of sp³-hybridized carbons (Fsp3) is 0.270. The number of halogens is 6. The highest BCUT2D eigenvalue weighted by Gasteiger charge is 2.41. The molecule has 0 bridgehead atoms. The molecule has 0 unspecified atom stereocenters. The number of carbonyl (C=O) groups is 1. The molecule has 254 valence electrons. The van der Waals surface area contributed by atoms with E-state index in [2.05, 4.69) is 0 Å². The van der Waals surface area contributed by atoms with Gasteiger partial charge in [-0.15, -0.1) is 0 Å². The van der Waals surface area contributed by atoms with Crippen LogP contribution in [0.5, 0.6) is 0 Å². The van der Waals surface area contributed by atoms with E-state index in [1.165, 1.54) is 72.8 Å². The van der Waals surface area contributed by atoms with Gasteiger partial charge in [0.25, 0.3) is 12.3 Å². The second kappa shape index (κ2) is 15.7. The monoisotopic (exact) mass is 678 g/mol. The van der Waals surface area contributed by atoms with Crippen LogP contribution in [0.4, 0.5) is 37.7 Å². The molecule has 1 N–H and O–H groups in total. The van der Waals surface area contributed by atoms with Crippen LogP contribution in [0.15, 0.2) is 97.1 Å². The number of hydrogen-bond donors (Lipinski definition) is 1. The molecule has 0 saturated carbocycles. The minimum absolute atomic E-state index is 0.00516. The Morgan fingerprint density at radius 1 is 0.857 bits per heavy atom. The van der Waals surface area contributed by atoms with Crippen LogP contribution in [0.2, 0.25) is 0 Å². The summed E-state index contributed by atoms with van der Waals surface area (Å²) in [5.41, 5.74) is 1.48. The van der Waals surface area contributed by atoms with Gasteiger partial charge in [-0.1, -0.05) is 74.5 Å². The van der Waals surface area contributed by atoms with E-state index in [1.54, 1.807) is 32.0 Å². The van der Waals surface area contributed by atoms with Crippen LogP contribution in [-0.4, -0.2) is 42.2 Å². The van der Waals surface area contributed by atoms with Crippen molar-refractivity contribution in [3.05, 3.63) is 120 Å². The van der Waals surface area contributed by atoms with Crippen LogP contribution in [-0.2, 0) is 11.2 Å². The number of rotatable bonds is 12. The van der Waals surface area contributed by atoms with E-state index in [1.807, 2.05) is 12.1 Å². The number of aliphatic hydroxyl groups is 1. The number of carbonyl (C=O) groups excluding carboxylic acids is 1. The minimum Gasteiger partial charge on any atom is -0.382 e. The quantitative estimate of drug-likeness (QED) is 0.153. The Morgan fingerprint density at radius 2 is 1.45 bits per heavy atom. The zero-order valence-electron chi connectivity index (χ0n) is 26.5. The molecule has 1 amide bonds. The van der Waals surface area contributed by atoms with Crippen LogP contribution < -0.4 is 9.80 Å². The minimum atomic E-state index is -4.74. The van der Waals surface area contributed by atoms with Gasteiger partial charge >= 0.3 is 6.18 Å². The van der Waals surface area contributed by atoms with Gasteiger partial charge < -0.3 is 10.0 Å². The Balaban J connectivity index is 1.75. The van der Waals surface area contributed by atoms with E-state index in [4.69, 9.17) is 5.26 Å². The van der Waals surface area contributed by atoms with Gasteiger partial charge in [-0.25, -0.2) is 13.2 Å². The molecule has 0 aliphatic heterocycles. The van der Waals surface area contributed by atoms with Crippen molar-refractivity contribution in [1.82, 2.24) is 0 Å². The number of anilines is 2. The molecule has 3 atom stereocenters. The summed E-state index contributed by atoms with van der Waals surface area (Å²) in [6.45, 7) is 1.66. The van der Waals surface area contributed by atoms with Crippen LogP contribution >= 0.6 is 0 Å². The number of amides is 1. The molecule has 0 aliphatic carbocycles. The van der Waals surface area contributed by atoms with Crippen LogP contribution in [0.1, 0.15) is 36.6 Å². The van der Waals surface area contributed by atoms with Crippen molar-refractivity contribution in [3.8, 4) is 23.3 Å². The standard InChI is InChI=1S/C37H32F6N4O2/c1-23(2)33(36(49)47(30-6-4-3-5-7-30)31(21-45)19-28-9-8-24(20-44)18-32(28)38)46(22-37(41,42)43)29-16-14-26(15-17-29)25-10-12-27(13-11-25)34(48)35(39)40/h3-18,23,31,33-35,48H,19,22H2,1-2H3/t31-,33-,34+/m0/s1. The highest BCUT2D eigenvalue weighted by Crippen LogP contribution is 2.33. The van der Waals surface area contributed by atoms with Gasteiger partial charge in [-0.2, -0.15) is 23.7 Å². The SMILES string of the molecule is CC(C)[C@@H](C(=O)N(c1ccccc1)[C@H](C#N)Cc1ccc(C#N)cc1F)N(CC(F)(F)F)c1ccc(-c2ccc([C@@H](O)C(F)F)cc2)cc1. The molecule has 0 aliphatic rings. The van der Waals surface area contributed by atoms with Crippen LogP contribution in [0, 0.1) is 34.4 Å². The number of aliphatic hydroxyl groups excluding tert-OH is 1. The Hall–Kier alpha value is -5.33. The van der Waals surface area contributed by atoms with Gasteiger partial charge in [0.2, 0.25) is 0 Å². The normalized spacial score (nSPS) is 13.3. The van der Waals surface area contributed by atoms with E-state index in [0.29, 0.717) is 11.1 Å². The van der Waals surface area contributed by atoms with Crippen molar-refractivity contribution in [2.75, 3.05) is 16.3 Å². The van der Waals surface area contributed by atoms with E-state index < -0.39 is 55.0 Å². The largest absolute Gasteiger partial charge is 0.405 e. The molecule has 0 saturated heterocycles. The van der Waals surface area contributed by atoms with E-state index in [0.717, 1.165) is 15.9 Å². The average molecular weight is 679 g/mol. The second-order valence-corrected chi connectivity index (χ2v) is 11.7. The Morgan fingerprint density at radius 3 is 1.94 bits per heavy atom. The first-order valence-electron chi connectivity index (χ1n) is 15.2. The molecule has 4 aromatic rings. The predicted molar refractivity (Wildman–Crippen MR) is 173 cm³/mol. The first-order valence-corrected chi connectivity index (χ1v) is 15.2. The molecule has 0 fully saturated rings. The van der Waals surface area contributed by atoms with Gasteiger partial charge in [0.15, 0.2) is 0 Å². The zero-order valence-corrected chi connectivity index (χ0v) is 26.5. The molecule has 0 heterocycles. The maximum absolute atomic E-state index is 14.9. The summed E-state index contributed by atoms with van der Waals surface area (Å²) >= 11 is 0. The molecule has 4 aromatic carbocycles. The third kappa shape index (κ3) is 8.98. The summed E-state index contributed by atoms with van der Waals surface area (Å²) in [7, 11) is 0. The third-order valence-electron chi connectivity index (χ3n) is 7.92. The van der Waals surface area contributed by atoms with Crippen molar-refractivity contribution in [1.29, 1.82) is 10.5 Å². The lowest BCUT2D eigenvalue weighted by Crippen LogP contribution is -2.56. The van der Waals surface area contributed by atoms with Crippen LogP contribution in [0.25, 0.3) is 11.1 Å². The summed E-state index contributed by atoms with van der Waals surface area (Å²) in [6.07, 6.45) is -9.98. The number of benzene rings is 4. The van der Waals surface area contributed by atoms with Crippen molar-refractivity contribution in [2.45, 2.75) is 51.1 Å². The van der Waals surface area contributed by atoms with Gasteiger partial charge in [-0.3, -0.25) is 9.69 Å². The highest BCUT2D eigenvalue weighted by atomic mass is 19.4. The summed E-state index contributed by atoms with van der Waals surface area (Å²) < 4.78 is 83.2. The van der Waals surface area contributed by atoms with Crippen molar-refractivity contribution >= 4 is 17.3 Å². The summed E-state index contributed by atoms with van der Waals surface area (Å²) in [4.78, 5) is 16.6. The Labute approximate surface area is 280 Å². The van der Waals surface area contributed by atoms with E-state index in [9.17, 15) is 41.5 Å². The number of nitrogens with zero attached hydrogens (tertiary/aromatic N) is 4. The molecule has 0 radical (unpaired) electrons. The number of hydrogen-bond acceptors (Lipinski definition) is 5. The first-order chi connectivity index (χ1) is 23.2. The van der Waals surface area contributed by atoms with Crippen molar-refractivity contribution < 1.29 is 36.2 Å². The molecule has 6 nitrogen and oxygen atoms in total. The molecule has 0 spiro atoms. The van der Waals surface area contributed by atoms with Gasteiger partial charge in [-0.05, 0) is 64.6 Å². The summed E-state index contributed by atoms with van der Waals surface area (Å²) in [5.74, 6) is -2.29. The number of para-hydroxylation sites is 1. The summed E-state index contributed by atoms with van der Waals surface area (Å²) in [6, 6.07) is 24.2. The molecule has 4 rings (SSSR count). The molecule has 12 heteroatoms. The van der Waals surface area contributed by atoms with Gasteiger partial charge in [0.1, 0.15) is 30.5 Å². The maximum atomic E-state index is 14.9. The smallest absolute Gasteiger partial charge is 0.382 e. The Bertz CT molecular complexity index is 1800. The fourth-order valence-electron chi connectivity index (χ4n) is 5.56. The second-order valence-electron chi connectivity index (χ2n) is 11.7. The molecule has 0 aromatic heterocycles. The topological polar surface area (TPSA) is 91.4 Å². The third-order valence-corrected chi connectivity index (χ3v) is 7.92. The number of alkyl halides is 5. The molecule has 49 heavy (non-hydrogen) atoms. The average Bonchev–Trinajstić information content (AvgIpc) is 3.08. The lowest BCUT2D eigenvalue weighted by Gasteiger charge is -2.40. The van der Waals surface area contributed by atoms with Crippen molar-refractivity contribution in [2.24, 2.45) is 5.92 Å². The highest BCUT2D eigenvalue weighted by molar-refractivity contribution is 6.00. The van der Waals surface area contributed by atoms with E-state index in [-0.39, 0.29) is 34.5 Å². The molecular formula is C37H32F6N4O2. The Kier molecular flexibility index (Phi) is 11.7.